The lowest BCUT2D eigenvalue weighted by molar-refractivity contribution is -0.131. The smallest absolute Gasteiger partial charge is 0.293 e. The number of Topliss-reactive ketones (excluding diaryl/α,β-unsaturated/α-hetero) is 1. The summed E-state index contributed by atoms with van der Waals surface area (Å²) in [6.07, 6.45) is 2.07. The lowest BCUT2D eigenvalue weighted by Crippen LogP contribution is -2.55. The third-order valence-corrected chi connectivity index (χ3v) is 7.96. The summed E-state index contributed by atoms with van der Waals surface area (Å²) in [6.45, 7) is 8.01. The molecule has 0 fully saturated rings. The SMILES string of the molecule is Cc1ccc(CNC(=O)[C@H](CCc2ccccc2)NC(=O)[C@H](Cc2nc(C(C)(C)C)no2)NC(=O)C(=O)c2c[nH]c3ccccc23)cc1. The van der Waals surface area contributed by atoms with E-state index in [0.717, 1.165) is 16.7 Å². The molecule has 0 radical (unpaired) electrons. The Morgan fingerprint density at radius 3 is 2.25 bits per heavy atom. The van der Waals surface area contributed by atoms with Gasteiger partial charge in [-0.15, -0.1) is 0 Å². The van der Waals surface area contributed by atoms with Crippen molar-refractivity contribution in [3.8, 4) is 0 Å². The van der Waals surface area contributed by atoms with E-state index in [-0.39, 0.29) is 30.3 Å². The zero-order chi connectivity index (χ0) is 34.3. The highest BCUT2D eigenvalue weighted by atomic mass is 16.5. The minimum absolute atomic E-state index is 0.101. The van der Waals surface area contributed by atoms with Gasteiger partial charge in [-0.25, -0.2) is 0 Å². The van der Waals surface area contributed by atoms with Crippen LogP contribution in [0, 0.1) is 6.92 Å². The predicted molar refractivity (Wildman–Crippen MR) is 181 cm³/mol. The number of aromatic nitrogens is 3. The topological polar surface area (TPSA) is 159 Å². The van der Waals surface area contributed by atoms with Crippen molar-refractivity contribution < 1.29 is 23.7 Å². The van der Waals surface area contributed by atoms with Crippen LogP contribution in [-0.4, -0.2) is 50.7 Å². The molecule has 2 aromatic heterocycles. The van der Waals surface area contributed by atoms with Gasteiger partial charge >= 0.3 is 0 Å². The maximum Gasteiger partial charge on any atom is 0.293 e. The number of H-pyrrole nitrogens is 1. The second-order valence-corrected chi connectivity index (χ2v) is 12.9. The number of aryl methyl sites for hydroxylation is 2. The van der Waals surface area contributed by atoms with E-state index in [1.54, 1.807) is 18.2 Å². The number of fused-ring (bicyclic) bond motifs is 1. The van der Waals surface area contributed by atoms with E-state index < -0.39 is 35.1 Å². The van der Waals surface area contributed by atoms with E-state index in [2.05, 4.69) is 31.1 Å². The van der Waals surface area contributed by atoms with Crippen LogP contribution in [-0.2, 0) is 39.2 Å². The first kappa shape index (κ1) is 33.8. The molecule has 5 aromatic rings. The maximum atomic E-state index is 13.9. The number of para-hydroxylation sites is 1. The van der Waals surface area contributed by atoms with Gasteiger partial charge < -0.3 is 25.5 Å². The average Bonchev–Trinajstić information content (AvgIpc) is 3.74. The summed E-state index contributed by atoms with van der Waals surface area (Å²) in [5, 5.41) is 12.9. The van der Waals surface area contributed by atoms with Crippen LogP contribution in [0.15, 0.2) is 89.6 Å². The highest BCUT2D eigenvalue weighted by Gasteiger charge is 2.32. The molecule has 0 aliphatic carbocycles. The molecule has 48 heavy (non-hydrogen) atoms. The van der Waals surface area contributed by atoms with Gasteiger partial charge in [-0.2, -0.15) is 4.98 Å². The summed E-state index contributed by atoms with van der Waals surface area (Å²) in [4.78, 5) is 61.6. The highest BCUT2D eigenvalue weighted by Crippen LogP contribution is 2.20. The fourth-order valence-corrected chi connectivity index (χ4v) is 5.15. The first-order chi connectivity index (χ1) is 23.0. The fraction of sp³-hybridized carbons (Fsp3) is 0.297. The third-order valence-electron chi connectivity index (χ3n) is 7.96. The van der Waals surface area contributed by atoms with Crippen LogP contribution >= 0.6 is 0 Å². The van der Waals surface area contributed by atoms with Crippen molar-refractivity contribution in [1.29, 1.82) is 0 Å². The summed E-state index contributed by atoms with van der Waals surface area (Å²) in [6, 6.07) is 22.3. The van der Waals surface area contributed by atoms with Crippen molar-refractivity contribution >= 4 is 34.4 Å². The van der Waals surface area contributed by atoms with Gasteiger partial charge in [0.15, 0.2) is 5.82 Å². The van der Waals surface area contributed by atoms with Crippen LogP contribution in [0.25, 0.3) is 10.9 Å². The molecule has 0 aliphatic rings. The van der Waals surface area contributed by atoms with E-state index >= 15 is 0 Å². The van der Waals surface area contributed by atoms with Gasteiger partial charge in [-0.05, 0) is 37.0 Å². The molecule has 248 valence electrons. The van der Waals surface area contributed by atoms with Crippen molar-refractivity contribution in [1.82, 2.24) is 31.1 Å². The molecule has 0 aliphatic heterocycles. The largest absolute Gasteiger partial charge is 0.360 e. The average molecular weight is 649 g/mol. The van der Waals surface area contributed by atoms with E-state index in [4.69, 9.17) is 4.52 Å². The molecule has 3 aromatic carbocycles. The number of nitrogens with zero attached hydrogens (tertiary/aromatic N) is 2. The van der Waals surface area contributed by atoms with Crippen molar-refractivity contribution in [2.75, 3.05) is 0 Å². The van der Waals surface area contributed by atoms with Crippen LogP contribution in [0.2, 0.25) is 0 Å². The molecule has 5 rings (SSSR count). The number of rotatable bonds is 13. The summed E-state index contributed by atoms with van der Waals surface area (Å²) in [5.41, 5.74) is 3.45. The van der Waals surface area contributed by atoms with E-state index in [1.165, 1.54) is 6.20 Å². The first-order valence-electron chi connectivity index (χ1n) is 15.9. The number of carbonyl (C=O) groups excluding carboxylic acids is 4. The first-order valence-corrected chi connectivity index (χ1v) is 15.9. The van der Waals surface area contributed by atoms with Crippen LogP contribution in [0.1, 0.15) is 66.0 Å². The molecule has 2 heterocycles. The standard InChI is InChI=1S/C37H40N6O5/c1-23-14-16-25(17-15-23)21-39-33(45)29(19-18-24-10-6-5-7-11-24)40-34(46)30(20-31-42-36(43-48-31)37(2,3)4)41-35(47)32(44)27-22-38-28-13-9-8-12-26(27)28/h5-17,22,29-30,38H,18-21H2,1-4H3,(H,39,45)(H,40,46)(H,41,47)/t29-,30-/m0/s1. The quantitative estimate of drug-likeness (QED) is 0.108. The molecule has 2 atom stereocenters. The zero-order valence-electron chi connectivity index (χ0n) is 27.5. The summed E-state index contributed by atoms with van der Waals surface area (Å²) >= 11 is 0. The van der Waals surface area contributed by atoms with Gasteiger partial charge in [0.2, 0.25) is 17.7 Å². The second kappa shape index (κ2) is 14.9. The highest BCUT2D eigenvalue weighted by molar-refractivity contribution is 6.45. The van der Waals surface area contributed by atoms with Crippen molar-refractivity contribution in [2.24, 2.45) is 0 Å². The molecule has 0 saturated heterocycles. The van der Waals surface area contributed by atoms with E-state index in [9.17, 15) is 19.2 Å². The number of ketones is 1. The fourth-order valence-electron chi connectivity index (χ4n) is 5.15. The molecule has 11 nitrogen and oxygen atoms in total. The summed E-state index contributed by atoms with van der Waals surface area (Å²) in [7, 11) is 0. The Kier molecular flexibility index (Phi) is 10.5. The normalized spacial score (nSPS) is 12.7. The third kappa shape index (κ3) is 8.61. The Bertz CT molecular complexity index is 1890. The van der Waals surface area contributed by atoms with Gasteiger partial charge in [-0.3, -0.25) is 19.2 Å². The maximum absolute atomic E-state index is 13.9. The molecule has 0 bridgehead atoms. The molecule has 0 unspecified atom stereocenters. The van der Waals surface area contributed by atoms with E-state index in [0.29, 0.717) is 29.6 Å². The number of carbonyl (C=O) groups is 4. The molecule has 0 saturated carbocycles. The minimum atomic E-state index is -1.30. The molecular formula is C37H40N6O5. The number of hydrogen-bond donors (Lipinski definition) is 4. The summed E-state index contributed by atoms with van der Waals surface area (Å²) in [5.74, 6) is -2.33. The predicted octanol–water partition coefficient (Wildman–Crippen LogP) is 4.50. The Morgan fingerprint density at radius 2 is 1.54 bits per heavy atom. The monoisotopic (exact) mass is 648 g/mol. The Balaban J connectivity index is 1.37. The Labute approximate surface area is 278 Å². The lowest BCUT2D eigenvalue weighted by atomic mass is 9.96. The number of amides is 3. The lowest BCUT2D eigenvalue weighted by Gasteiger charge is -2.22. The molecule has 3 amide bonds. The number of benzene rings is 3. The summed E-state index contributed by atoms with van der Waals surface area (Å²) < 4.78 is 5.44. The number of hydrogen-bond acceptors (Lipinski definition) is 7. The van der Waals surface area contributed by atoms with Gasteiger partial charge in [0.1, 0.15) is 12.1 Å². The Hall–Kier alpha value is -5.58. The van der Waals surface area contributed by atoms with Crippen molar-refractivity contribution in [3.05, 3.63) is 119 Å². The van der Waals surface area contributed by atoms with Gasteiger partial charge in [0.25, 0.3) is 11.7 Å². The zero-order valence-corrected chi connectivity index (χ0v) is 27.5. The van der Waals surface area contributed by atoms with Gasteiger partial charge in [0, 0.05) is 29.1 Å². The van der Waals surface area contributed by atoms with Crippen molar-refractivity contribution in [3.63, 3.8) is 0 Å². The van der Waals surface area contributed by atoms with Crippen LogP contribution in [0.5, 0.6) is 0 Å². The van der Waals surface area contributed by atoms with Gasteiger partial charge in [-0.1, -0.05) is 104 Å². The second-order valence-electron chi connectivity index (χ2n) is 12.9. The van der Waals surface area contributed by atoms with E-state index in [1.807, 2.05) is 88.4 Å². The van der Waals surface area contributed by atoms with Crippen LogP contribution in [0.3, 0.4) is 0 Å². The Morgan fingerprint density at radius 1 is 0.833 bits per heavy atom. The minimum Gasteiger partial charge on any atom is -0.360 e. The van der Waals surface area contributed by atoms with Crippen LogP contribution in [0.4, 0.5) is 0 Å². The molecular weight excluding hydrogens is 608 g/mol. The van der Waals surface area contributed by atoms with Crippen molar-refractivity contribution in [2.45, 2.75) is 71.0 Å². The molecule has 11 heteroatoms. The number of aromatic amines is 1. The number of nitrogens with one attached hydrogen (secondary N) is 4. The molecule has 4 N–H and O–H groups in total. The molecule has 0 spiro atoms. The van der Waals surface area contributed by atoms with Crippen LogP contribution < -0.4 is 16.0 Å². The van der Waals surface area contributed by atoms with Gasteiger partial charge in [0.05, 0.1) is 12.0 Å².